The molecule has 0 saturated carbocycles. The summed E-state index contributed by atoms with van der Waals surface area (Å²) >= 11 is 0. The lowest BCUT2D eigenvalue weighted by molar-refractivity contribution is -0.0611. The number of allylic oxidation sites excluding steroid dienone is 1. The van der Waals surface area contributed by atoms with Crippen LogP contribution in [0.15, 0.2) is 11.6 Å². The second kappa shape index (κ2) is 4.69. The van der Waals surface area contributed by atoms with E-state index in [0.717, 1.165) is 19.3 Å². The first-order valence-corrected chi connectivity index (χ1v) is 5.43. The monoisotopic (exact) mass is 212 g/mol. The summed E-state index contributed by atoms with van der Waals surface area (Å²) in [5.41, 5.74) is 1.01. The summed E-state index contributed by atoms with van der Waals surface area (Å²) in [7, 11) is 1.35. The van der Waals surface area contributed by atoms with Crippen molar-refractivity contribution in [3.63, 3.8) is 0 Å². The first-order valence-electron chi connectivity index (χ1n) is 5.43. The fraction of sp³-hybridized carbons (Fsp3) is 0.750. The molecule has 1 atom stereocenters. The summed E-state index contributed by atoms with van der Waals surface area (Å²) in [6.45, 7) is 6.28. The van der Waals surface area contributed by atoms with Gasteiger partial charge < -0.3 is 9.47 Å². The predicted molar refractivity (Wildman–Crippen MR) is 58.7 cm³/mol. The molecule has 0 aliphatic heterocycles. The minimum Gasteiger partial charge on any atom is -0.438 e. The van der Waals surface area contributed by atoms with Gasteiger partial charge in [-0.15, -0.1) is 0 Å². The molecule has 3 heteroatoms. The Hall–Kier alpha value is -0.990. The molecule has 0 heterocycles. The Kier molecular flexibility index (Phi) is 3.77. The van der Waals surface area contributed by atoms with Crippen molar-refractivity contribution in [3.8, 4) is 0 Å². The summed E-state index contributed by atoms with van der Waals surface area (Å²) in [4.78, 5) is 11.2. The quantitative estimate of drug-likeness (QED) is 0.520. The molecule has 0 fully saturated rings. The molecule has 0 aromatic rings. The molecule has 0 spiro atoms. The van der Waals surface area contributed by atoms with E-state index in [-0.39, 0.29) is 5.60 Å². The van der Waals surface area contributed by atoms with Gasteiger partial charge >= 0.3 is 6.16 Å². The van der Waals surface area contributed by atoms with Crippen molar-refractivity contribution in [2.75, 3.05) is 7.11 Å². The molecular weight excluding hydrogens is 192 g/mol. The van der Waals surface area contributed by atoms with Gasteiger partial charge in [0.05, 0.1) is 7.11 Å². The van der Waals surface area contributed by atoms with E-state index < -0.39 is 6.16 Å². The third-order valence-electron chi connectivity index (χ3n) is 3.24. The van der Waals surface area contributed by atoms with Crippen molar-refractivity contribution in [1.29, 1.82) is 0 Å². The lowest BCUT2D eigenvalue weighted by Gasteiger charge is -2.38. The van der Waals surface area contributed by atoms with Crippen molar-refractivity contribution in [3.05, 3.63) is 11.6 Å². The molecular formula is C12H20O3. The molecule has 0 N–H and O–H groups in total. The molecule has 15 heavy (non-hydrogen) atoms. The molecule has 0 aromatic heterocycles. The summed E-state index contributed by atoms with van der Waals surface area (Å²) < 4.78 is 10.0. The van der Waals surface area contributed by atoms with Crippen LogP contribution in [-0.4, -0.2) is 18.9 Å². The molecule has 1 unspecified atom stereocenters. The Labute approximate surface area is 91.4 Å². The Morgan fingerprint density at radius 1 is 1.53 bits per heavy atom. The average molecular weight is 212 g/mol. The third kappa shape index (κ3) is 2.74. The zero-order chi connectivity index (χ0) is 11.5. The van der Waals surface area contributed by atoms with E-state index in [1.165, 1.54) is 12.7 Å². The van der Waals surface area contributed by atoms with Gasteiger partial charge in [0, 0.05) is 6.42 Å². The highest BCUT2D eigenvalue weighted by Crippen LogP contribution is 2.37. The van der Waals surface area contributed by atoms with Crippen LogP contribution in [-0.2, 0) is 9.47 Å². The van der Waals surface area contributed by atoms with Crippen LogP contribution in [0.3, 0.4) is 0 Å². The second-order valence-electron chi connectivity index (χ2n) is 4.53. The number of hydrogen-bond donors (Lipinski definition) is 0. The third-order valence-corrected chi connectivity index (χ3v) is 3.24. The molecule has 1 aliphatic rings. The van der Waals surface area contributed by atoms with Crippen LogP contribution in [0.25, 0.3) is 0 Å². The van der Waals surface area contributed by atoms with Crippen LogP contribution in [0.4, 0.5) is 4.79 Å². The van der Waals surface area contributed by atoms with Crippen molar-refractivity contribution in [1.82, 2.24) is 0 Å². The first kappa shape index (κ1) is 12.1. The molecule has 1 rings (SSSR count). The van der Waals surface area contributed by atoms with Crippen molar-refractivity contribution >= 4 is 6.16 Å². The minimum absolute atomic E-state index is 0.306. The molecule has 86 valence electrons. The van der Waals surface area contributed by atoms with Crippen LogP contribution in [0.1, 0.15) is 40.0 Å². The SMILES string of the molecule is COC(=O)OC1(C(C)C)CC=C(C)CC1. The van der Waals surface area contributed by atoms with Crippen LogP contribution >= 0.6 is 0 Å². The van der Waals surface area contributed by atoms with E-state index in [1.54, 1.807) is 0 Å². The summed E-state index contributed by atoms with van der Waals surface area (Å²) in [5.74, 6) is 0.306. The van der Waals surface area contributed by atoms with E-state index in [9.17, 15) is 4.79 Å². The van der Waals surface area contributed by atoms with E-state index in [1.807, 2.05) is 0 Å². The lowest BCUT2D eigenvalue weighted by atomic mass is 9.78. The second-order valence-corrected chi connectivity index (χ2v) is 4.53. The van der Waals surface area contributed by atoms with Gasteiger partial charge in [-0.1, -0.05) is 25.5 Å². The first-order chi connectivity index (χ1) is 7.00. The number of methoxy groups -OCH3 is 1. The zero-order valence-corrected chi connectivity index (χ0v) is 10.0. The highest BCUT2D eigenvalue weighted by Gasteiger charge is 2.38. The fourth-order valence-corrected chi connectivity index (χ4v) is 1.90. The molecule has 0 bridgehead atoms. The molecule has 1 aliphatic carbocycles. The molecule has 0 amide bonds. The van der Waals surface area contributed by atoms with Crippen LogP contribution in [0, 0.1) is 5.92 Å². The van der Waals surface area contributed by atoms with Gasteiger partial charge in [-0.25, -0.2) is 4.79 Å². The minimum atomic E-state index is -0.573. The van der Waals surface area contributed by atoms with E-state index in [0.29, 0.717) is 5.92 Å². The Bertz CT molecular complexity index is 268. The summed E-state index contributed by atoms with van der Waals surface area (Å²) in [6, 6.07) is 0. The summed E-state index contributed by atoms with van der Waals surface area (Å²) in [6.07, 6.45) is 4.27. The number of ether oxygens (including phenoxy) is 2. The maximum atomic E-state index is 11.2. The standard InChI is InChI=1S/C12H20O3/c1-9(2)12(15-11(13)14-4)7-5-10(3)6-8-12/h5,9H,6-8H2,1-4H3. The van der Waals surface area contributed by atoms with Gasteiger partial charge in [-0.2, -0.15) is 0 Å². The summed E-state index contributed by atoms with van der Waals surface area (Å²) in [5, 5.41) is 0. The van der Waals surface area contributed by atoms with Crippen LogP contribution in [0.5, 0.6) is 0 Å². The largest absolute Gasteiger partial charge is 0.508 e. The lowest BCUT2D eigenvalue weighted by Crippen LogP contribution is -2.41. The maximum absolute atomic E-state index is 11.2. The Balaban J connectivity index is 2.77. The van der Waals surface area contributed by atoms with Gasteiger partial charge in [0.15, 0.2) is 0 Å². The zero-order valence-electron chi connectivity index (χ0n) is 10.0. The van der Waals surface area contributed by atoms with Crippen molar-refractivity contribution in [2.45, 2.75) is 45.6 Å². The number of rotatable bonds is 2. The fourth-order valence-electron chi connectivity index (χ4n) is 1.90. The smallest absolute Gasteiger partial charge is 0.438 e. The van der Waals surface area contributed by atoms with Crippen molar-refractivity contribution in [2.24, 2.45) is 5.92 Å². The maximum Gasteiger partial charge on any atom is 0.508 e. The van der Waals surface area contributed by atoms with E-state index in [4.69, 9.17) is 4.74 Å². The van der Waals surface area contributed by atoms with E-state index >= 15 is 0 Å². The van der Waals surface area contributed by atoms with Gasteiger partial charge in [-0.3, -0.25) is 0 Å². The van der Waals surface area contributed by atoms with E-state index in [2.05, 4.69) is 31.6 Å². The molecule has 0 aromatic carbocycles. The van der Waals surface area contributed by atoms with Crippen molar-refractivity contribution < 1.29 is 14.3 Å². The topological polar surface area (TPSA) is 35.5 Å². The highest BCUT2D eigenvalue weighted by molar-refractivity contribution is 5.60. The average Bonchev–Trinajstić information content (AvgIpc) is 2.21. The van der Waals surface area contributed by atoms with Crippen LogP contribution < -0.4 is 0 Å². The van der Waals surface area contributed by atoms with Crippen LogP contribution in [0.2, 0.25) is 0 Å². The van der Waals surface area contributed by atoms with Gasteiger partial charge in [0.2, 0.25) is 0 Å². The highest BCUT2D eigenvalue weighted by atomic mass is 16.7. The molecule has 0 radical (unpaired) electrons. The predicted octanol–water partition coefficient (Wildman–Crippen LogP) is 3.29. The number of carbonyl (C=O) groups is 1. The van der Waals surface area contributed by atoms with Gasteiger partial charge in [0.25, 0.3) is 0 Å². The van der Waals surface area contributed by atoms with Gasteiger partial charge in [0.1, 0.15) is 5.60 Å². The number of hydrogen-bond acceptors (Lipinski definition) is 3. The molecule has 3 nitrogen and oxygen atoms in total. The number of carbonyl (C=O) groups excluding carboxylic acids is 1. The molecule has 0 saturated heterocycles. The van der Waals surface area contributed by atoms with Gasteiger partial charge in [-0.05, 0) is 25.7 Å². The Morgan fingerprint density at radius 3 is 2.60 bits per heavy atom. The normalized spacial score (nSPS) is 26.1. The Morgan fingerprint density at radius 2 is 2.20 bits per heavy atom.